The first-order chi connectivity index (χ1) is 13.4. The average molecular weight is 389 g/mol. The maximum Gasteiger partial charge on any atom is 0.325 e. The number of benzene rings is 1. The van der Waals surface area contributed by atoms with Gasteiger partial charge in [0.1, 0.15) is 11.7 Å². The van der Waals surface area contributed by atoms with E-state index >= 15 is 0 Å². The molecule has 28 heavy (non-hydrogen) atoms. The van der Waals surface area contributed by atoms with Gasteiger partial charge in [-0.25, -0.2) is 0 Å². The van der Waals surface area contributed by atoms with Gasteiger partial charge in [-0.05, 0) is 38.3 Å². The smallest absolute Gasteiger partial charge is 0.325 e. The summed E-state index contributed by atoms with van der Waals surface area (Å²) < 4.78 is 10.4. The second-order valence-corrected chi connectivity index (χ2v) is 6.89. The molecule has 2 aliphatic rings. The standard InChI is InChI=1S/C20H23NO7/c1-3-27-17(25)19(18(26)28-4-2)12(11-22)9-10-15(23)20(19)13-7-5-6-8-14(13)21-16(20)24/h5-8,11-12,15,23H,3-4,9-10H2,1-2H3,(H,21,24)/t12-,15+,20-/m1/s1. The first-order valence-corrected chi connectivity index (χ1v) is 9.31. The van der Waals surface area contributed by atoms with Crippen molar-refractivity contribution in [1.82, 2.24) is 0 Å². The molecule has 0 bridgehead atoms. The fourth-order valence-electron chi connectivity index (χ4n) is 4.70. The largest absolute Gasteiger partial charge is 0.465 e. The van der Waals surface area contributed by atoms with Gasteiger partial charge in [-0.15, -0.1) is 0 Å². The summed E-state index contributed by atoms with van der Waals surface area (Å²) in [6, 6.07) is 6.50. The highest BCUT2D eigenvalue weighted by Crippen LogP contribution is 2.60. The van der Waals surface area contributed by atoms with Crippen LogP contribution in [0.15, 0.2) is 24.3 Å². The molecule has 150 valence electrons. The molecule has 0 saturated heterocycles. The molecular formula is C20H23NO7. The molecule has 3 atom stereocenters. The number of carbonyl (C=O) groups is 4. The fourth-order valence-corrected chi connectivity index (χ4v) is 4.70. The zero-order valence-corrected chi connectivity index (χ0v) is 15.8. The van der Waals surface area contributed by atoms with E-state index in [-0.39, 0.29) is 31.6 Å². The first-order valence-electron chi connectivity index (χ1n) is 9.31. The number of ether oxygens (including phenoxy) is 2. The summed E-state index contributed by atoms with van der Waals surface area (Å²) in [5.41, 5.74) is -3.70. The van der Waals surface area contributed by atoms with Crippen molar-refractivity contribution in [3.05, 3.63) is 29.8 Å². The topological polar surface area (TPSA) is 119 Å². The molecule has 2 N–H and O–H groups in total. The Balaban J connectivity index is 2.42. The number of fused-ring (bicyclic) bond motifs is 2. The quantitative estimate of drug-likeness (QED) is 0.437. The van der Waals surface area contributed by atoms with Gasteiger partial charge in [0.2, 0.25) is 5.91 Å². The van der Waals surface area contributed by atoms with Crippen molar-refractivity contribution in [1.29, 1.82) is 0 Å². The number of esters is 2. The van der Waals surface area contributed by atoms with E-state index < -0.39 is 40.7 Å². The predicted octanol–water partition coefficient (Wildman–Crippen LogP) is 0.959. The highest BCUT2D eigenvalue weighted by Gasteiger charge is 2.77. The van der Waals surface area contributed by atoms with Crippen LogP contribution in [-0.4, -0.2) is 48.6 Å². The van der Waals surface area contributed by atoms with E-state index in [0.717, 1.165) is 0 Å². The Morgan fingerprint density at radius 3 is 2.36 bits per heavy atom. The summed E-state index contributed by atoms with van der Waals surface area (Å²) in [4.78, 5) is 51.9. The van der Waals surface area contributed by atoms with E-state index in [0.29, 0.717) is 12.0 Å². The lowest BCUT2D eigenvalue weighted by Crippen LogP contribution is -2.70. The van der Waals surface area contributed by atoms with Crippen LogP contribution in [-0.2, 0) is 34.1 Å². The van der Waals surface area contributed by atoms with Crippen LogP contribution in [0.1, 0.15) is 32.3 Å². The molecule has 1 amide bonds. The van der Waals surface area contributed by atoms with Gasteiger partial charge in [0, 0.05) is 11.6 Å². The maximum atomic E-state index is 13.3. The van der Waals surface area contributed by atoms with Crippen LogP contribution in [0.5, 0.6) is 0 Å². The zero-order valence-electron chi connectivity index (χ0n) is 15.8. The van der Waals surface area contributed by atoms with Crippen LogP contribution in [0.4, 0.5) is 5.69 Å². The summed E-state index contributed by atoms with van der Waals surface area (Å²) in [6.07, 6.45) is -0.804. The number of rotatable bonds is 5. The Hall–Kier alpha value is -2.74. The van der Waals surface area contributed by atoms with Gasteiger partial charge < -0.3 is 24.7 Å². The van der Waals surface area contributed by atoms with E-state index in [2.05, 4.69) is 5.32 Å². The number of aliphatic hydroxyl groups is 1. The minimum absolute atomic E-state index is 0.0412. The number of aldehydes is 1. The number of hydrogen-bond donors (Lipinski definition) is 2. The number of aliphatic hydroxyl groups excluding tert-OH is 1. The monoisotopic (exact) mass is 389 g/mol. The van der Waals surface area contributed by atoms with Crippen molar-refractivity contribution in [2.24, 2.45) is 11.3 Å². The second kappa shape index (κ2) is 7.35. The molecule has 1 aliphatic heterocycles. The number of carbonyl (C=O) groups excluding carboxylic acids is 4. The second-order valence-electron chi connectivity index (χ2n) is 6.89. The lowest BCUT2D eigenvalue weighted by molar-refractivity contribution is -0.197. The molecule has 1 aromatic carbocycles. The highest BCUT2D eigenvalue weighted by molar-refractivity contribution is 6.18. The molecule has 1 aliphatic carbocycles. The molecule has 1 aromatic rings. The molecule has 1 saturated carbocycles. The van der Waals surface area contributed by atoms with E-state index in [1.165, 1.54) is 0 Å². The number of nitrogens with one attached hydrogen (secondary N) is 1. The summed E-state index contributed by atoms with van der Waals surface area (Å²) in [5, 5.41) is 13.7. The summed E-state index contributed by atoms with van der Waals surface area (Å²) >= 11 is 0. The summed E-state index contributed by atoms with van der Waals surface area (Å²) in [5.74, 6) is -4.01. The number of para-hydroxylation sites is 1. The van der Waals surface area contributed by atoms with E-state index in [9.17, 15) is 24.3 Å². The summed E-state index contributed by atoms with van der Waals surface area (Å²) in [6.45, 7) is 2.98. The van der Waals surface area contributed by atoms with Crippen LogP contribution < -0.4 is 5.32 Å². The van der Waals surface area contributed by atoms with Crippen LogP contribution in [0.3, 0.4) is 0 Å². The number of hydrogen-bond acceptors (Lipinski definition) is 7. The highest BCUT2D eigenvalue weighted by atomic mass is 16.6. The third kappa shape index (κ3) is 2.33. The van der Waals surface area contributed by atoms with Crippen molar-refractivity contribution in [3.63, 3.8) is 0 Å². The van der Waals surface area contributed by atoms with Crippen molar-refractivity contribution >= 4 is 29.8 Å². The Bertz CT molecular complexity index is 803. The van der Waals surface area contributed by atoms with Gasteiger partial charge in [0.15, 0.2) is 5.41 Å². The van der Waals surface area contributed by atoms with Gasteiger partial charge in [-0.1, -0.05) is 18.2 Å². The van der Waals surface area contributed by atoms with Crippen LogP contribution in [0.2, 0.25) is 0 Å². The van der Waals surface area contributed by atoms with E-state index in [1.54, 1.807) is 38.1 Å². The Morgan fingerprint density at radius 1 is 1.18 bits per heavy atom. The van der Waals surface area contributed by atoms with Gasteiger partial charge in [0.25, 0.3) is 0 Å². The van der Waals surface area contributed by atoms with Crippen molar-refractivity contribution in [2.75, 3.05) is 18.5 Å². The van der Waals surface area contributed by atoms with E-state index in [1.807, 2.05) is 0 Å². The summed E-state index contributed by atoms with van der Waals surface area (Å²) in [7, 11) is 0. The number of amides is 1. The van der Waals surface area contributed by atoms with Crippen LogP contribution in [0, 0.1) is 11.3 Å². The van der Waals surface area contributed by atoms with E-state index in [4.69, 9.17) is 9.47 Å². The Kier molecular flexibility index (Phi) is 5.25. The third-order valence-corrected chi connectivity index (χ3v) is 5.75. The molecule has 1 heterocycles. The molecule has 3 rings (SSSR count). The van der Waals surface area contributed by atoms with Crippen molar-refractivity contribution in [3.8, 4) is 0 Å². The lowest BCUT2D eigenvalue weighted by atomic mass is 9.48. The maximum absolute atomic E-state index is 13.3. The number of anilines is 1. The normalized spacial score (nSPS) is 27.6. The van der Waals surface area contributed by atoms with Gasteiger partial charge in [-0.3, -0.25) is 14.4 Å². The van der Waals surface area contributed by atoms with Gasteiger partial charge in [-0.2, -0.15) is 0 Å². The van der Waals surface area contributed by atoms with Crippen LogP contribution >= 0.6 is 0 Å². The first kappa shape index (κ1) is 20.0. The SMILES string of the molecule is CCOC(=O)C1(C(=O)OCC)[C@@H](C=O)CC[C@H](O)[C@]12C(=O)Nc1ccccc12. The molecule has 0 aromatic heterocycles. The zero-order chi connectivity index (χ0) is 20.5. The Morgan fingerprint density at radius 2 is 1.79 bits per heavy atom. The molecule has 1 fully saturated rings. The van der Waals surface area contributed by atoms with Crippen molar-refractivity contribution in [2.45, 2.75) is 38.2 Å². The molecule has 0 radical (unpaired) electrons. The third-order valence-electron chi connectivity index (χ3n) is 5.75. The minimum Gasteiger partial charge on any atom is -0.465 e. The van der Waals surface area contributed by atoms with Crippen LogP contribution in [0.25, 0.3) is 0 Å². The lowest BCUT2D eigenvalue weighted by Gasteiger charge is -2.51. The fraction of sp³-hybridized carbons (Fsp3) is 0.500. The minimum atomic E-state index is -2.32. The van der Waals surface area contributed by atoms with Gasteiger partial charge >= 0.3 is 11.9 Å². The van der Waals surface area contributed by atoms with Crippen molar-refractivity contribution < 1.29 is 33.8 Å². The average Bonchev–Trinajstić information content (AvgIpc) is 2.97. The molecule has 0 unspecified atom stereocenters. The Labute approximate surface area is 162 Å². The molecule has 1 spiro atoms. The molecular weight excluding hydrogens is 366 g/mol. The molecule has 8 heteroatoms. The van der Waals surface area contributed by atoms with Gasteiger partial charge in [0.05, 0.1) is 19.3 Å². The predicted molar refractivity (Wildman–Crippen MR) is 97.2 cm³/mol. The molecule has 8 nitrogen and oxygen atoms in total.